The fourth-order valence-electron chi connectivity index (χ4n) is 1.67. The SMILES string of the molecule is CSC1=N/C(=C\c2ccccn2)C(=O)N1CCN=[N+]=[N-]. The molecule has 0 saturated heterocycles. The second kappa shape index (κ2) is 6.74. The van der Waals surface area contributed by atoms with Gasteiger partial charge in [0, 0.05) is 24.2 Å². The lowest BCUT2D eigenvalue weighted by Gasteiger charge is -2.14. The molecule has 0 radical (unpaired) electrons. The van der Waals surface area contributed by atoms with Crippen molar-refractivity contribution in [1.82, 2.24) is 9.88 Å². The topological polar surface area (TPSA) is 94.3 Å². The quantitative estimate of drug-likeness (QED) is 0.368. The predicted molar refractivity (Wildman–Crippen MR) is 78.9 cm³/mol. The molecule has 102 valence electrons. The van der Waals surface area contributed by atoms with Crippen molar-refractivity contribution in [3.05, 3.63) is 46.2 Å². The lowest BCUT2D eigenvalue weighted by atomic mass is 10.3. The van der Waals surface area contributed by atoms with Crippen LogP contribution in [-0.4, -0.2) is 40.3 Å². The summed E-state index contributed by atoms with van der Waals surface area (Å²) in [5, 5.41) is 4.04. The Morgan fingerprint density at radius 2 is 2.40 bits per heavy atom. The molecule has 0 unspecified atom stereocenters. The van der Waals surface area contributed by atoms with Crippen LogP contribution in [0.5, 0.6) is 0 Å². The molecule has 0 bridgehead atoms. The Morgan fingerprint density at radius 1 is 1.55 bits per heavy atom. The second-order valence-electron chi connectivity index (χ2n) is 3.79. The van der Waals surface area contributed by atoms with Gasteiger partial charge in [-0.05, 0) is 30.0 Å². The fraction of sp³-hybridized carbons (Fsp3) is 0.250. The number of hydrogen-bond acceptors (Lipinski definition) is 5. The van der Waals surface area contributed by atoms with Gasteiger partial charge in [0.15, 0.2) is 5.17 Å². The molecule has 1 aromatic heterocycles. The molecular formula is C12H12N6OS. The lowest BCUT2D eigenvalue weighted by Crippen LogP contribution is -2.32. The minimum Gasteiger partial charge on any atom is -0.286 e. The van der Waals surface area contributed by atoms with Gasteiger partial charge in [-0.25, -0.2) is 4.99 Å². The average Bonchev–Trinajstić information content (AvgIpc) is 2.77. The molecule has 1 aromatic rings. The average molecular weight is 288 g/mol. The Balaban J connectivity index is 2.21. The highest BCUT2D eigenvalue weighted by molar-refractivity contribution is 8.13. The number of aromatic nitrogens is 1. The van der Waals surface area contributed by atoms with Crippen molar-refractivity contribution >= 4 is 28.9 Å². The van der Waals surface area contributed by atoms with Crippen molar-refractivity contribution in [2.24, 2.45) is 10.1 Å². The Bertz CT molecular complexity index is 606. The molecule has 1 aliphatic heterocycles. The summed E-state index contributed by atoms with van der Waals surface area (Å²) in [6, 6.07) is 5.45. The van der Waals surface area contributed by atoms with Crippen LogP contribution in [0.15, 0.2) is 40.2 Å². The van der Waals surface area contributed by atoms with Gasteiger partial charge in [0.1, 0.15) is 5.70 Å². The van der Waals surface area contributed by atoms with E-state index in [1.165, 1.54) is 16.7 Å². The maximum atomic E-state index is 12.2. The van der Waals surface area contributed by atoms with Crippen LogP contribution in [0.2, 0.25) is 0 Å². The summed E-state index contributed by atoms with van der Waals surface area (Å²) in [4.78, 5) is 24.8. The number of hydrogen-bond donors (Lipinski definition) is 0. The number of rotatable bonds is 4. The summed E-state index contributed by atoms with van der Waals surface area (Å²) in [5.74, 6) is -0.201. The van der Waals surface area contributed by atoms with Crippen molar-refractivity contribution in [3.63, 3.8) is 0 Å². The number of carbonyl (C=O) groups is 1. The lowest BCUT2D eigenvalue weighted by molar-refractivity contribution is -0.122. The number of azide groups is 1. The Kier molecular flexibility index (Phi) is 4.75. The third-order valence-electron chi connectivity index (χ3n) is 2.55. The summed E-state index contributed by atoms with van der Waals surface area (Å²) in [6.45, 7) is 0.542. The van der Waals surface area contributed by atoms with Gasteiger partial charge in [0.25, 0.3) is 5.91 Å². The van der Waals surface area contributed by atoms with E-state index in [2.05, 4.69) is 20.0 Å². The van der Waals surface area contributed by atoms with Gasteiger partial charge in [-0.3, -0.25) is 14.7 Å². The van der Waals surface area contributed by atoms with Crippen molar-refractivity contribution in [1.29, 1.82) is 0 Å². The molecule has 7 nitrogen and oxygen atoms in total. The van der Waals surface area contributed by atoms with Gasteiger partial charge in [0.2, 0.25) is 0 Å². The van der Waals surface area contributed by atoms with E-state index >= 15 is 0 Å². The maximum Gasteiger partial charge on any atom is 0.278 e. The van der Waals surface area contributed by atoms with Gasteiger partial charge in [-0.1, -0.05) is 22.9 Å². The highest BCUT2D eigenvalue weighted by Crippen LogP contribution is 2.21. The van der Waals surface area contributed by atoms with Gasteiger partial charge in [-0.15, -0.1) is 0 Å². The number of amides is 1. The van der Waals surface area contributed by atoms with Crippen LogP contribution in [-0.2, 0) is 4.79 Å². The van der Waals surface area contributed by atoms with E-state index in [1.54, 1.807) is 24.4 Å². The molecule has 0 saturated carbocycles. The number of thioether (sulfide) groups is 1. The predicted octanol–water partition coefficient (Wildman–Crippen LogP) is 2.29. The minimum absolute atomic E-state index is 0.201. The van der Waals surface area contributed by atoms with E-state index in [4.69, 9.17) is 5.53 Å². The number of aliphatic imine (C=N–C) groups is 1. The first-order chi connectivity index (χ1) is 9.76. The first-order valence-electron chi connectivity index (χ1n) is 5.84. The van der Waals surface area contributed by atoms with E-state index < -0.39 is 0 Å². The molecule has 1 aliphatic rings. The van der Waals surface area contributed by atoms with E-state index in [0.717, 1.165) is 0 Å². The fourth-order valence-corrected chi connectivity index (χ4v) is 2.26. The van der Waals surface area contributed by atoms with E-state index in [0.29, 0.717) is 23.1 Å². The smallest absolute Gasteiger partial charge is 0.278 e. The highest BCUT2D eigenvalue weighted by atomic mass is 32.2. The molecule has 0 spiro atoms. The van der Waals surface area contributed by atoms with Crippen molar-refractivity contribution in [2.75, 3.05) is 19.3 Å². The first-order valence-corrected chi connectivity index (χ1v) is 7.07. The number of amidine groups is 1. The summed E-state index contributed by atoms with van der Waals surface area (Å²) in [7, 11) is 0. The summed E-state index contributed by atoms with van der Waals surface area (Å²) in [6.07, 6.45) is 5.15. The van der Waals surface area contributed by atoms with Crippen LogP contribution < -0.4 is 0 Å². The highest BCUT2D eigenvalue weighted by Gasteiger charge is 2.29. The molecule has 2 heterocycles. The maximum absolute atomic E-state index is 12.2. The standard InChI is InChI=1S/C12H12N6OS/c1-20-12-16-10(8-9-4-2-3-5-14-9)11(19)18(12)7-6-15-17-13/h2-5,8H,6-7H2,1H3/b10-8-. The monoisotopic (exact) mass is 288 g/mol. The zero-order chi connectivity index (χ0) is 14.4. The molecule has 8 heteroatoms. The molecule has 0 atom stereocenters. The Labute approximate surface area is 120 Å². The van der Waals surface area contributed by atoms with Crippen LogP contribution in [0.3, 0.4) is 0 Å². The van der Waals surface area contributed by atoms with Crippen LogP contribution in [0.25, 0.3) is 16.5 Å². The van der Waals surface area contributed by atoms with E-state index in [1.807, 2.05) is 12.3 Å². The van der Waals surface area contributed by atoms with Crippen molar-refractivity contribution < 1.29 is 4.79 Å². The Hall–Kier alpha value is -2.31. The molecule has 0 aliphatic carbocycles. The largest absolute Gasteiger partial charge is 0.286 e. The number of carbonyl (C=O) groups excluding carboxylic acids is 1. The molecule has 0 fully saturated rings. The van der Waals surface area contributed by atoms with Gasteiger partial charge in [0.05, 0.1) is 5.69 Å². The summed E-state index contributed by atoms with van der Waals surface area (Å²) < 4.78 is 0. The number of nitrogens with zero attached hydrogens (tertiary/aromatic N) is 6. The molecule has 1 amide bonds. The molecule has 0 N–H and O–H groups in total. The second-order valence-corrected chi connectivity index (χ2v) is 4.57. The zero-order valence-corrected chi connectivity index (χ0v) is 11.6. The normalized spacial score (nSPS) is 16.2. The first kappa shape index (κ1) is 14.1. The van der Waals surface area contributed by atoms with Crippen molar-refractivity contribution in [2.45, 2.75) is 0 Å². The molecular weight excluding hydrogens is 276 g/mol. The number of pyridine rings is 1. The zero-order valence-electron chi connectivity index (χ0n) is 10.8. The summed E-state index contributed by atoms with van der Waals surface area (Å²) >= 11 is 1.38. The van der Waals surface area contributed by atoms with Crippen LogP contribution >= 0.6 is 11.8 Å². The molecule has 2 rings (SSSR count). The molecule has 20 heavy (non-hydrogen) atoms. The Morgan fingerprint density at radius 3 is 3.05 bits per heavy atom. The third-order valence-corrected chi connectivity index (χ3v) is 3.23. The van der Waals surface area contributed by atoms with Gasteiger partial charge in [-0.2, -0.15) is 0 Å². The molecule has 0 aromatic carbocycles. The van der Waals surface area contributed by atoms with E-state index in [-0.39, 0.29) is 12.5 Å². The van der Waals surface area contributed by atoms with Gasteiger partial charge >= 0.3 is 0 Å². The van der Waals surface area contributed by atoms with Crippen molar-refractivity contribution in [3.8, 4) is 0 Å². The van der Waals surface area contributed by atoms with E-state index in [9.17, 15) is 4.79 Å². The minimum atomic E-state index is -0.201. The van der Waals surface area contributed by atoms with Crippen LogP contribution in [0.4, 0.5) is 0 Å². The van der Waals surface area contributed by atoms with Gasteiger partial charge < -0.3 is 0 Å². The van der Waals surface area contributed by atoms with Crippen LogP contribution in [0.1, 0.15) is 5.69 Å². The third kappa shape index (κ3) is 3.17. The van der Waals surface area contributed by atoms with Crippen LogP contribution in [0, 0.1) is 0 Å². The summed E-state index contributed by atoms with van der Waals surface area (Å²) in [5.41, 5.74) is 9.30.